The third-order valence-corrected chi connectivity index (χ3v) is 3.24. The first kappa shape index (κ1) is 9.41. The van der Waals surface area contributed by atoms with Gasteiger partial charge in [0.25, 0.3) is 0 Å². The zero-order valence-corrected chi connectivity index (χ0v) is 8.36. The maximum Gasteiger partial charge on any atom is 0.137 e. The zero-order valence-electron chi connectivity index (χ0n) is 8.36. The maximum atomic E-state index is 11.5. The van der Waals surface area contributed by atoms with Crippen LogP contribution >= 0.6 is 0 Å². The van der Waals surface area contributed by atoms with Gasteiger partial charge in [-0.15, -0.1) is 0 Å². The second-order valence-corrected chi connectivity index (χ2v) is 4.10. The Morgan fingerprint density at radius 1 is 1.36 bits per heavy atom. The van der Waals surface area contributed by atoms with Crippen LogP contribution < -0.4 is 5.73 Å². The highest BCUT2D eigenvalue weighted by atomic mass is 16.1. The minimum Gasteiger partial charge on any atom is -0.323 e. The van der Waals surface area contributed by atoms with Gasteiger partial charge in [-0.25, -0.2) is 0 Å². The standard InChI is InChI=1S/C12H15NO/c1-9(14)12(7-8-12)11(13)10-5-3-2-4-6-10/h2-6,11H,7-8,13H2,1H3. The van der Waals surface area contributed by atoms with Gasteiger partial charge in [-0.1, -0.05) is 30.3 Å². The minimum absolute atomic E-state index is 0.124. The first-order valence-electron chi connectivity index (χ1n) is 4.98. The summed E-state index contributed by atoms with van der Waals surface area (Å²) < 4.78 is 0. The largest absolute Gasteiger partial charge is 0.323 e. The lowest BCUT2D eigenvalue weighted by Crippen LogP contribution is -2.28. The zero-order chi connectivity index (χ0) is 10.2. The van der Waals surface area contributed by atoms with Crippen molar-refractivity contribution < 1.29 is 4.79 Å². The number of benzene rings is 1. The molecule has 1 fully saturated rings. The monoisotopic (exact) mass is 189 g/mol. The van der Waals surface area contributed by atoms with E-state index in [1.807, 2.05) is 30.3 Å². The molecule has 0 radical (unpaired) electrons. The molecule has 2 nitrogen and oxygen atoms in total. The summed E-state index contributed by atoms with van der Waals surface area (Å²) in [6.07, 6.45) is 1.89. The van der Waals surface area contributed by atoms with E-state index in [1.165, 1.54) is 0 Å². The molecule has 1 saturated carbocycles. The van der Waals surface area contributed by atoms with Gasteiger partial charge >= 0.3 is 0 Å². The predicted octanol–water partition coefficient (Wildman–Crippen LogP) is 2.06. The molecule has 0 spiro atoms. The molecule has 0 bridgehead atoms. The number of nitrogens with two attached hydrogens (primary N) is 1. The number of carbonyl (C=O) groups is 1. The lowest BCUT2D eigenvalue weighted by Gasteiger charge is -2.20. The number of rotatable bonds is 3. The molecule has 2 heteroatoms. The highest BCUT2D eigenvalue weighted by Gasteiger charge is 2.52. The Balaban J connectivity index is 2.25. The number of ketones is 1. The molecule has 14 heavy (non-hydrogen) atoms. The molecular formula is C12H15NO. The number of hydrogen-bond donors (Lipinski definition) is 1. The SMILES string of the molecule is CC(=O)C1(C(N)c2ccccc2)CC1. The summed E-state index contributed by atoms with van der Waals surface area (Å²) in [5.74, 6) is 0.230. The van der Waals surface area contributed by atoms with Crippen molar-refractivity contribution in [2.24, 2.45) is 11.1 Å². The molecule has 1 unspecified atom stereocenters. The van der Waals surface area contributed by atoms with Gasteiger partial charge in [0.15, 0.2) is 0 Å². The molecule has 1 aromatic carbocycles. The van der Waals surface area contributed by atoms with Crippen LogP contribution in [0.1, 0.15) is 31.4 Å². The molecule has 0 aliphatic heterocycles. The van der Waals surface area contributed by atoms with Crippen LogP contribution in [0.25, 0.3) is 0 Å². The summed E-state index contributed by atoms with van der Waals surface area (Å²) in [7, 11) is 0. The second kappa shape index (κ2) is 3.21. The molecule has 1 aliphatic carbocycles. The summed E-state index contributed by atoms with van der Waals surface area (Å²) in [6.45, 7) is 1.65. The maximum absolute atomic E-state index is 11.5. The van der Waals surface area contributed by atoms with Crippen LogP contribution in [0, 0.1) is 5.41 Å². The summed E-state index contributed by atoms with van der Waals surface area (Å²) in [6, 6.07) is 9.75. The van der Waals surface area contributed by atoms with Crippen molar-refractivity contribution in [2.75, 3.05) is 0 Å². The van der Waals surface area contributed by atoms with E-state index in [0.29, 0.717) is 0 Å². The summed E-state index contributed by atoms with van der Waals surface area (Å²) >= 11 is 0. The molecule has 0 amide bonds. The second-order valence-electron chi connectivity index (χ2n) is 4.10. The molecule has 2 N–H and O–H groups in total. The Morgan fingerprint density at radius 3 is 2.36 bits per heavy atom. The van der Waals surface area contributed by atoms with Gasteiger partial charge in [-0.3, -0.25) is 4.79 Å². The van der Waals surface area contributed by atoms with Crippen LogP contribution in [0.5, 0.6) is 0 Å². The fourth-order valence-electron chi connectivity index (χ4n) is 2.00. The summed E-state index contributed by atoms with van der Waals surface area (Å²) in [4.78, 5) is 11.5. The third kappa shape index (κ3) is 1.36. The lowest BCUT2D eigenvalue weighted by molar-refractivity contribution is -0.122. The third-order valence-electron chi connectivity index (χ3n) is 3.24. The summed E-state index contributed by atoms with van der Waals surface area (Å²) in [5, 5.41) is 0. The minimum atomic E-state index is -0.249. The molecule has 0 aromatic heterocycles. The summed E-state index contributed by atoms with van der Waals surface area (Å²) in [5.41, 5.74) is 6.94. The number of hydrogen-bond acceptors (Lipinski definition) is 2. The van der Waals surface area contributed by atoms with Gasteiger partial charge in [-0.2, -0.15) is 0 Å². The normalized spacial score (nSPS) is 20.1. The Labute approximate surface area is 84.1 Å². The molecule has 1 aromatic rings. The molecule has 74 valence electrons. The molecule has 0 heterocycles. The highest BCUT2D eigenvalue weighted by Crippen LogP contribution is 2.54. The van der Waals surface area contributed by atoms with Crippen molar-refractivity contribution in [3.8, 4) is 0 Å². The average molecular weight is 189 g/mol. The average Bonchev–Trinajstić information content (AvgIpc) is 2.99. The van der Waals surface area contributed by atoms with Crippen LogP contribution in [0.2, 0.25) is 0 Å². The van der Waals surface area contributed by atoms with Crippen molar-refractivity contribution in [3.05, 3.63) is 35.9 Å². The fourth-order valence-corrected chi connectivity index (χ4v) is 2.00. The predicted molar refractivity (Wildman–Crippen MR) is 55.7 cm³/mol. The highest BCUT2D eigenvalue weighted by molar-refractivity contribution is 5.86. The Morgan fingerprint density at radius 2 is 1.93 bits per heavy atom. The van der Waals surface area contributed by atoms with E-state index in [0.717, 1.165) is 18.4 Å². The van der Waals surface area contributed by atoms with E-state index in [-0.39, 0.29) is 17.2 Å². The van der Waals surface area contributed by atoms with Crippen LogP contribution in [0.3, 0.4) is 0 Å². The Kier molecular flexibility index (Phi) is 2.16. The van der Waals surface area contributed by atoms with Gasteiger partial charge < -0.3 is 5.73 Å². The van der Waals surface area contributed by atoms with Gasteiger partial charge in [0.1, 0.15) is 5.78 Å². The van der Waals surface area contributed by atoms with Crippen molar-refractivity contribution in [2.45, 2.75) is 25.8 Å². The quantitative estimate of drug-likeness (QED) is 0.790. The van der Waals surface area contributed by atoms with Crippen LogP contribution in [0.15, 0.2) is 30.3 Å². The van der Waals surface area contributed by atoms with E-state index in [9.17, 15) is 4.79 Å². The molecular weight excluding hydrogens is 174 g/mol. The molecule has 1 atom stereocenters. The van der Waals surface area contributed by atoms with Gasteiger partial charge in [0, 0.05) is 11.5 Å². The van der Waals surface area contributed by atoms with Crippen molar-refractivity contribution in [1.82, 2.24) is 0 Å². The first-order valence-corrected chi connectivity index (χ1v) is 4.98. The van der Waals surface area contributed by atoms with Gasteiger partial charge in [-0.05, 0) is 25.3 Å². The van der Waals surface area contributed by atoms with E-state index in [4.69, 9.17) is 5.73 Å². The van der Waals surface area contributed by atoms with Crippen LogP contribution in [-0.2, 0) is 4.79 Å². The topological polar surface area (TPSA) is 43.1 Å². The Hall–Kier alpha value is -1.15. The Bertz CT molecular complexity index is 341. The van der Waals surface area contributed by atoms with Gasteiger partial charge in [0.2, 0.25) is 0 Å². The van der Waals surface area contributed by atoms with Crippen molar-refractivity contribution >= 4 is 5.78 Å². The van der Waals surface area contributed by atoms with Crippen LogP contribution in [-0.4, -0.2) is 5.78 Å². The first-order chi connectivity index (χ1) is 6.67. The van der Waals surface area contributed by atoms with E-state index >= 15 is 0 Å². The molecule has 1 aliphatic rings. The smallest absolute Gasteiger partial charge is 0.137 e. The van der Waals surface area contributed by atoms with E-state index in [1.54, 1.807) is 6.92 Å². The number of Topliss-reactive ketones (excluding diaryl/α,β-unsaturated/α-hetero) is 1. The lowest BCUT2D eigenvalue weighted by atomic mass is 9.88. The van der Waals surface area contributed by atoms with E-state index in [2.05, 4.69) is 0 Å². The van der Waals surface area contributed by atoms with Crippen molar-refractivity contribution in [3.63, 3.8) is 0 Å². The fraction of sp³-hybridized carbons (Fsp3) is 0.417. The van der Waals surface area contributed by atoms with Crippen LogP contribution in [0.4, 0.5) is 0 Å². The molecule has 0 saturated heterocycles. The van der Waals surface area contributed by atoms with E-state index < -0.39 is 0 Å². The van der Waals surface area contributed by atoms with Gasteiger partial charge in [0.05, 0.1) is 0 Å². The number of carbonyl (C=O) groups excluding carboxylic acids is 1. The molecule has 2 rings (SSSR count). The van der Waals surface area contributed by atoms with Crippen molar-refractivity contribution in [1.29, 1.82) is 0 Å².